The molecule has 1 atom stereocenters. The van der Waals surface area contributed by atoms with Gasteiger partial charge >= 0.3 is 11.9 Å². The molecule has 21 heavy (non-hydrogen) atoms. The molecule has 0 aliphatic heterocycles. The fraction of sp³-hybridized carbons (Fsp3) is 0.385. The van der Waals surface area contributed by atoms with Crippen molar-refractivity contribution >= 4 is 17.6 Å². The molecular formula is C13H16N2O6. The highest BCUT2D eigenvalue weighted by Crippen LogP contribution is 2.18. The van der Waals surface area contributed by atoms with Gasteiger partial charge in [0.2, 0.25) is 0 Å². The third-order valence-corrected chi connectivity index (χ3v) is 2.74. The summed E-state index contributed by atoms with van der Waals surface area (Å²) in [5, 5.41) is 10.8. The van der Waals surface area contributed by atoms with Crippen molar-refractivity contribution in [3.63, 3.8) is 0 Å². The minimum absolute atomic E-state index is 0.0725. The van der Waals surface area contributed by atoms with Crippen LogP contribution >= 0.6 is 0 Å². The number of hydrogen-bond acceptors (Lipinski definition) is 7. The number of nitrogens with two attached hydrogens (primary N) is 1. The first kappa shape index (κ1) is 16.6. The van der Waals surface area contributed by atoms with Gasteiger partial charge in [0.25, 0.3) is 5.69 Å². The van der Waals surface area contributed by atoms with Crippen LogP contribution in [0.4, 0.5) is 5.69 Å². The highest BCUT2D eigenvalue weighted by Gasteiger charge is 2.17. The number of rotatable bonds is 7. The third kappa shape index (κ3) is 5.19. The van der Waals surface area contributed by atoms with Crippen molar-refractivity contribution in [3.05, 3.63) is 39.9 Å². The molecule has 2 N–H and O–H groups in total. The van der Waals surface area contributed by atoms with Gasteiger partial charge in [0, 0.05) is 12.5 Å². The summed E-state index contributed by atoms with van der Waals surface area (Å²) in [5.41, 5.74) is 5.66. The second kappa shape index (κ2) is 7.95. The van der Waals surface area contributed by atoms with Crippen LogP contribution in [-0.4, -0.2) is 30.0 Å². The average Bonchev–Trinajstić information content (AvgIpc) is 2.49. The van der Waals surface area contributed by atoms with Crippen LogP contribution in [-0.2, 0) is 25.7 Å². The van der Waals surface area contributed by atoms with E-state index in [9.17, 15) is 19.7 Å². The van der Waals surface area contributed by atoms with E-state index in [-0.39, 0.29) is 25.1 Å². The van der Waals surface area contributed by atoms with Crippen molar-refractivity contribution in [2.75, 3.05) is 7.11 Å². The number of carbonyl (C=O) groups is 2. The van der Waals surface area contributed by atoms with Gasteiger partial charge in [0.15, 0.2) is 0 Å². The number of esters is 2. The molecule has 0 amide bonds. The maximum atomic E-state index is 11.5. The zero-order chi connectivity index (χ0) is 15.8. The van der Waals surface area contributed by atoms with Crippen molar-refractivity contribution in [2.45, 2.75) is 25.5 Å². The molecule has 0 unspecified atom stereocenters. The first-order chi connectivity index (χ1) is 9.95. The molecule has 0 heterocycles. The number of para-hydroxylation sites is 1. The van der Waals surface area contributed by atoms with E-state index in [0.29, 0.717) is 5.56 Å². The number of nitro groups is 1. The Balaban J connectivity index is 2.47. The summed E-state index contributed by atoms with van der Waals surface area (Å²) in [6.07, 6.45) is 0.0132. The normalized spacial score (nSPS) is 11.5. The fourth-order valence-electron chi connectivity index (χ4n) is 1.58. The fourth-order valence-corrected chi connectivity index (χ4v) is 1.58. The predicted molar refractivity (Wildman–Crippen MR) is 72.1 cm³/mol. The van der Waals surface area contributed by atoms with Crippen molar-refractivity contribution in [3.8, 4) is 0 Å². The number of nitro benzene ring substituents is 1. The molecule has 1 aromatic carbocycles. The summed E-state index contributed by atoms with van der Waals surface area (Å²) in [6, 6.07) is 5.08. The van der Waals surface area contributed by atoms with Gasteiger partial charge in [-0.15, -0.1) is 0 Å². The first-order valence-electron chi connectivity index (χ1n) is 6.17. The number of benzene rings is 1. The Morgan fingerprint density at radius 1 is 1.38 bits per heavy atom. The lowest BCUT2D eigenvalue weighted by Gasteiger charge is -2.09. The Kier molecular flexibility index (Phi) is 6.28. The van der Waals surface area contributed by atoms with Crippen LogP contribution in [0, 0.1) is 10.1 Å². The van der Waals surface area contributed by atoms with E-state index in [2.05, 4.69) is 4.74 Å². The minimum atomic E-state index is -0.895. The van der Waals surface area contributed by atoms with Crippen LogP contribution in [0.5, 0.6) is 0 Å². The zero-order valence-electron chi connectivity index (χ0n) is 11.5. The van der Waals surface area contributed by atoms with Gasteiger partial charge < -0.3 is 15.2 Å². The second-order valence-electron chi connectivity index (χ2n) is 4.21. The molecule has 0 aliphatic carbocycles. The average molecular weight is 296 g/mol. The highest BCUT2D eigenvalue weighted by molar-refractivity contribution is 5.76. The molecule has 0 saturated carbocycles. The standard InChI is InChI=1S/C13H16N2O6/c1-20-13(17)10(14)6-7-12(16)21-8-9-4-2-3-5-11(9)15(18)19/h2-5,10H,6-8,14H2,1H3/t10-/m0/s1. The third-order valence-electron chi connectivity index (χ3n) is 2.74. The molecule has 114 valence electrons. The summed E-state index contributed by atoms with van der Waals surface area (Å²) < 4.78 is 9.36. The molecule has 0 spiro atoms. The van der Waals surface area contributed by atoms with Crippen LogP contribution < -0.4 is 5.73 Å². The van der Waals surface area contributed by atoms with Crippen molar-refractivity contribution in [2.24, 2.45) is 5.73 Å². The van der Waals surface area contributed by atoms with Gasteiger partial charge in [0.05, 0.1) is 17.6 Å². The van der Waals surface area contributed by atoms with Crippen LogP contribution in [0.1, 0.15) is 18.4 Å². The number of methoxy groups -OCH3 is 1. The van der Waals surface area contributed by atoms with Gasteiger partial charge in [-0.05, 0) is 12.5 Å². The van der Waals surface area contributed by atoms with E-state index < -0.39 is 22.9 Å². The van der Waals surface area contributed by atoms with E-state index in [1.807, 2.05) is 0 Å². The zero-order valence-corrected chi connectivity index (χ0v) is 11.5. The largest absolute Gasteiger partial charge is 0.468 e. The molecule has 0 saturated heterocycles. The Hall–Kier alpha value is -2.48. The van der Waals surface area contributed by atoms with Crippen LogP contribution in [0.25, 0.3) is 0 Å². The van der Waals surface area contributed by atoms with E-state index in [1.165, 1.54) is 25.3 Å². The highest BCUT2D eigenvalue weighted by atomic mass is 16.6. The number of carbonyl (C=O) groups excluding carboxylic acids is 2. The van der Waals surface area contributed by atoms with Crippen LogP contribution in [0.15, 0.2) is 24.3 Å². The summed E-state index contributed by atoms with van der Waals surface area (Å²) in [5.74, 6) is -1.20. The van der Waals surface area contributed by atoms with E-state index in [1.54, 1.807) is 6.07 Å². The predicted octanol–water partition coefficient (Wildman–Crippen LogP) is 0.918. The van der Waals surface area contributed by atoms with Crippen LogP contribution in [0.2, 0.25) is 0 Å². The number of ether oxygens (including phenoxy) is 2. The summed E-state index contributed by atoms with van der Waals surface area (Å²) in [4.78, 5) is 32.8. The number of nitrogens with zero attached hydrogens (tertiary/aromatic N) is 1. The molecule has 0 bridgehead atoms. The lowest BCUT2D eigenvalue weighted by molar-refractivity contribution is -0.385. The van der Waals surface area contributed by atoms with E-state index in [0.717, 1.165) is 0 Å². The van der Waals surface area contributed by atoms with E-state index in [4.69, 9.17) is 10.5 Å². The topological polar surface area (TPSA) is 122 Å². The Morgan fingerprint density at radius 3 is 2.67 bits per heavy atom. The molecule has 1 rings (SSSR count). The van der Waals surface area contributed by atoms with Gasteiger partial charge in [-0.25, -0.2) is 0 Å². The maximum absolute atomic E-state index is 11.5. The summed E-state index contributed by atoms with van der Waals surface area (Å²) in [6.45, 7) is -0.205. The summed E-state index contributed by atoms with van der Waals surface area (Å²) >= 11 is 0. The number of hydrogen-bond donors (Lipinski definition) is 1. The molecule has 8 nitrogen and oxygen atoms in total. The molecule has 1 aromatic rings. The molecule has 0 fully saturated rings. The van der Waals surface area contributed by atoms with E-state index >= 15 is 0 Å². The van der Waals surface area contributed by atoms with Gasteiger partial charge in [0.1, 0.15) is 12.6 Å². The summed E-state index contributed by atoms with van der Waals surface area (Å²) in [7, 11) is 1.20. The lowest BCUT2D eigenvalue weighted by Crippen LogP contribution is -2.32. The molecule has 0 radical (unpaired) electrons. The monoisotopic (exact) mass is 296 g/mol. The quantitative estimate of drug-likeness (QED) is 0.451. The van der Waals surface area contributed by atoms with Crippen molar-refractivity contribution < 1.29 is 24.0 Å². The molecule has 0 aliphatic rings. The van der Waals surface area contributed by atoms with Gasteiger partial charge in [-0.3, -0.25) is 19.7 Å². The Labute approximate surface area is 121 Å². The van der Waals surface area contributed by atoms with Crippen molar-refractivity contribution in [1.29, 1.82) is 0 Å². The Bertz CT molecular complexity index is 531. The second-order valence-corrected chi connectivity index (χ2v) is 4.21. The lowest BCUT2D eigenvalue weighted by atomic mass is 10.1. The molecular weight excluding hydrogens is 280 g/mol. The first-order valence-corrected chi connectivity index (χ1v) is 6.17. The SMILES string of the molecule is COC(=O)[C@@H](N)CCC(=O)OCc1ccccc1[N+](=O)[O-]. The molecule has 8 heteroatoms. The smallest absolute Gasteiger partial charge is 0.322 e. The van der Waals surface area contributed by atoms with Crippen LogP contribution in [0.3, 0.4) is 0 Å². The van der Waals surface area contributed by atoms with Gasteiger partial charge in [-0.2, -0.15) is 0 Å². The van der Waals surface area contributed by atoms with Crippen molar-refractivity contribution in [1.82, 2.24) is 0 Å². The van der Waals surface area contributed by atoms with Gasteiger partial charge in [-0.1, -0.05) is 12.1 Å². The Morgan fingerprint density at radius 2 is 2.05 bits per heavy atom. The molecule has 0 aromatic heterocycles. The maximum Gasteiger partial charge on any atom is 0.322 e. The minimum Gasteiger partial charge on any atom is -0.468 e.